The van der Waals surface area contributed by atoms with Crippen LogP contribution in [0.5, 0.6) is 5.75 Å². The van der Waals surface area contributed by atoms with Crippen LogP contribution in [0.3, 0.4) is 0 Å². The molecule has 158 valence electrons. The molecule has 0 saturated carbocycles. The second-order valence-corrected chi connectivity index (χ2v) is 7.55. The predicted octanol–water partition coefficient (Wildman–Crippen LogP) is 3.96. The molecule has 1 aliphatic rings. The number of anilines is 1. The van der Waals surface area contributed by atoms with Crippen LogP contribution in [0.1, 0.15) is 49.5 Å². The van der Waals surface area contributed by atoms with Crippen LogP contribution in [0.2, 0.25) is 0 Å². The Bertz CT molecular complexity index is 921. The molecule has 0 aliphatic carbocycles. The number of rotatable bonds is 8. The molecule has 1 aliphatic heterocycles. The van der Waals surface area contributed by atoms with E-state index in [0.29, 0.717) is 24.3 Å². The van der Waals surface area contributed by atoms with Crippen molar-refractivity contribution in [3.05, 3.63) is 59.7 Å². The van der Waals surface area contributed by atoms with Crippen LogP contribution in [-0.2, 0) is 20.7 Å². The Kier molecular flexibility index (Phi) is 6.87. The number of esters is 1. The summed E-state index contributed by atoms with van der Waals surface area (Å²) in [5, 5.41) is 0. The first kappa shape index (κ1) is 21.6. The summed E-state index contributed by atoms with van der Waals surface area (Å²) in [7, 11) is 0. The standard InChI is InChI=1S/C24H27NO5/c1-16-15-20-7-4-5-8-22(20)25(16)24(28)18(3)30-23(27)9-6-14-29-21-12-10-19(11-13-21)17(2)26/h4-5,7-8,10-13,16,18H,6,9,14-15H2,1-3H3/t16-,18-/m0/s1. The van der Waals surface area contributed by atoms with Gasteiger partial charge in [-0.2, -0.15) is 0 Å². The van der Waals surface area contributed by atoms with Crippen molar-refractivity contribution in [2.75, 3.05) is 11.5 Å². The number of Topliss-reactive ketones (excluding diaryl/α,β-unsaturated/α-hetero) is 1. The lowest BCUT2D eigenvalue weighted by Crippen LogP contribution is -2.43. The van der Waals surface area contributed by atoms with E-state index in [4.69, 9.17) is 9.47 Å². The maximum atomic E-state index is 12.8. The van der Waals surface area contributed by atoms with Gasteiger partial charge in [0.15, 0.2) is 11.9 Å². The first-order valence-electron chi connectivity index (χ1n) is 10.2. The highest BCUT2D eigenvalue weighted by molar-refractivity contribution is 5.99. The predicted molar refractivity (Wildman–Crippen MR) is 114 cm³/mol. The molecular weight excluding hydrogens is 382 g/mol. The molecule has 2 aromatic rings. The van der Waals surface area contributed by atoms with E-state index < -0.39 is 12.1 Å². The molecule has 0 saturated heterocycles. The SMILES string of the molecule is CC(=O)c1ccc(OCCCC(=O)O[C@@H](C)C(=O)N2c3ccccc3C[C@@H]2C)cc1. The van der Waals surface area contributed by atoms with Gasteiger partial charge in [-0.05, 0) is 69.5 Å². The second-order valence-electron chi connectivity index (χ2n) is 7.55. The van der Waals surface area contributed by atoms with E-state index in [-0.39, 0.29) is 24.2 Å². The van der Waals surface area contributed by atoms with Crippen molar-refractivity contribution in [1.82, 2.24) is 0 Å². The van der Waals surface area contributed by atoms with Crippen LogP contribution in [0.25, 0.3) is 0 Å². The number of carbonyl (C=O) groups excluding carboxylic acids is 3. The van der Waals surface area contributed by atoms with Gasteiger partial charge in [-0.1, -0.05) is 18.2 Å². The van der Waals surface area contributed by atoms with Gasteiger partial charge in [0.1, 0.15) is 5.75 Å². The molecule has 0 fully saturated rings. The molecule has 6 heteroatoms. The lowest BCUT2D eigenvalue weighted by Gasteiger charge is -2.25. The first-order chi connectivity index (χ1) is 14.4. The topological polar surface area (TPSA) is 72.9 Å². The molecule has 2 aromatic carbocycles. The van der Waals surface area contributed by atoms with Crippen molar-refractivity contribution < 1.29 is 23.9 Å². The van der Waals surface area contributed by atoms with Crippen molar-refractivity contribution in [2.45, 2.75) is 52.2 Å². The van der Waals surface area contributed by atoms with E-state index in [1.165, 1.54) is 6.92 Å². The number of para-hydroxylation sites is 1. The van der Waals surface area contributed by atoms with Crippen LogP contribution in [0.4, 0.5) is 5.69 Å². The van der Waals surface area contributed by atoms with Crippen molar-refractivity contribution >= 4 is 23.3 Å². The summed E-state index contributed by atoms with van der Waals surface area (Å²) >= 11 is 0. The molecular formula is C24H27NO5. The van der Waals surface area contributed by atoms with Gasteiger partial charge in [0.2, 0.25) is 0 Å². The van der Waals surface area contributed by atoms with Crippen molar-refractivity contribution in [1.29, 1.82) is 0 Å². The molecule has 0 radical (unpaired) electrons. The van der Waals surface area contributed by atoms with Crippen molar-refractivity contribution in [2.24, 2.45) is 0 Å². The van der Waals surface area contributed by atoms with Gasteiger partial charge >= 0.3 is 5.97 Å². The normalized spacial score (nSPS) is 16.0. The summed E-state index contributed by atoms with van der Waals surface area (Å²) in [4.78, 5) is 38.0. The second kappa shape index (κ2) is 9.57. The highest BCUT2D eigenvalue weighted by Gasteiger charge is 2.34. The number of benzene rings is 2. The molecule has 0 aromatic heterocycles. The third-order valence-corrected chi connectivity index (χ3v) is 5.16. The molecule has 1 amide bonds. The lowest BCUT2D eigenvalue weighted by molar-refractivity contribution is -0.154. The smallest absolute Gasteiger partial charge is 0.306 e. The summed E-state index contributed by atoms with van der Waals surface area (Å²) in [5.41, 5.74) is 2.65. The van der Waals surface area contributed by atoms with Gasteiger partial charge in [-0.15, -0.1) is 0 Å². The summed E-state index contributed by atoms with van der Waals surface area (Å²) in [5.74, 6) is 0.00694. The summed E-state index contributed by atoms with van der Waals surface area (Å²) in [6.45, 7) is 5.46. The van der Waals surface area contributed by atoms with E-state index >= 15 is 0 Å². The molecule has 3 rings (SSSR count). The minimum absolute atomic E-state index is 0.000209. The zero-order valence-electron chi connectivity index (χ0n) is 17.6. The number of ketones is 1. The molecule has 6 nitrogen and oxygen atoms in total. The average molecular weight is 409 g/mol. The number of fused-ring (bicyclic) bond motifs is 1. The van der Waals surface area contributed by atoms with Crippen LogP contribution in [0, 0.1) is 0 Å². The van der Waals surface area contributed by atoms with Gasteiger partial charge in [0.25, 0.3) is 5.91 Å². The van der Waals surface area contributed by atoms with Crippen molar-refractivity contribution in [3.8, 4) is 5.75 Å². The van der Waals surface area contributed by atoms with Gasteiger partial charge in [-0.3, -0.25) is 14.4 Å². The van der Waals surface area contributed by atoms with Crippen LogP contribution in [-0.4, -0.2) is 36.4 Å². The lowest BCUT2D eigenvalue weighted by atomic mass is 10.1. The van der Waals surface area contributed by atoms with E-state index in [9.17, 15) is 14.4 Å². The Balaban J connectivity index is 1.43. The number of carbonyl (C=O) groups is 3. The first-order valence-corrected chi connectivity index (χ1v) is 10.2. The maximum Gasteiger partial charge on any atom is 0.306 e. The summed E-state index contributed by atoms with van der Waals surface area (Å²) in [6.07, 6.45) is 0.589. The van der Waals surface area contributed by atoms with E-state index in [1.54, 1.807) is 36.1 Å². The molecule has 0 bridgehead atoms. The minimum atomic E-state index is -0.842. The Morgan fingerprint density at radius 1 is 1.10 bits per heavy atom. The Morgan fingerprint density at radius 3 is 2.50 bits per heavy atom. The van der Waals surface area contributed by atoms with E-state index in [2.05, 4.69) is 0 Å². The molecule has 0 spiro atoms. The number of nitrogens with zero attached hydrogens (tertiary/aromatic N) is 1. The number of hydrogen-bond acceptors (Lipinski definition) is 5. The molecule has 1 heterocycles. The third-order valence-electron chi connectivity index (χ3n) is 5.16. The maximum absolute atomic E-state index is 12.8. The van der Waals surface area contributed by atoms with Gasteiger partial charge < -0.3 is 14.4 Å². The summed E-state index contributed by atoms with van der Waals surface area (Å²) in [6, 6.07) is 14.7. The van der Waals surface area contributed by atoms with E-state index in [1.807, 2.05) is 31.2 Å². The zero-order chi connectivity index (χ0) is 21.7. The number of amides is 1. The monoisotopic (exact) mass is 409 g/mol. The number of hydrogen-bond donors (Lipinski definition) is 0. The molecule has 2 atom stereocenters. The zero-order valence-corrected chi connectivity index (χ0v) is 17.6. The fraction of sp³-hybridized carbons (Fsp3) is 0.375. The minimum Gasteiger partial charge on any atom is -0.494 e. The van der Waals surface area contributed by atoms with Crippen LogP contribution < -0.4 is 9.64 Å². The third kappa shape index (κ3) is 5.06. The number of ether oxygens (including phenoxy) is 2. The van der Waals surface area contributed by atoms with Gasteiger partial charge in [0.05, 0.1) is 6.61 Å². The molecule has 30 heavy (non-hydrogen) atoms. The Labute approximate surface area is 176 Å². The molecule has 0 N–H and O–H groups in total. The largest absolute Gasteiger partial charge is 0.494 e. The van der Waals surface area contributed by atoms with E-state index in [0.717, 1.165) is 17.7 Å². The van der Waals surface area contributed by atoms with Crippen LogP contribution >= 0.6 is 0 Å². The fourth-order valence-electron chi connectivity index (χ4n) is 3.60. The fourth-order valence-corrected chi connectivity index (χ4v) is 3.60. The Morgan fingerprint density at radius 2 is 1.80 bits per heavy atom. The summed E-state index contributed by atoms with van der Waals surface area (Å²) < 4.78 is 10.9. The van der Waals surface area contributed by atoms with Crippen LogP contribution in [0.15, 0.2) is 48.5 Å². The highest BCUT2D eigenvalue weighted by Crippen LogP contribution is 2.32. The Hall–Kier alpha value is -3.15. The average Bonchev–Trinajstić information content (AvgIpc) is 3.06. The molecule has 0 unspecified atom stereocenters. The quantitative estimate of drug-likeness (QED) is 0.375. The van der Waals surface area contributed by atoms with Gasteiger partial charge in [-0.25, -0.2) is 0 Å². The van der Waals surface area contributed by atoms with Crippen molar-refractivity contribution in [3.63, 3.8) is 0 Å². The highest BCUT2D eigenvalue weighted by atomic mass is 16.5. The van der Waals surface area contributed by atoms with Gasteiger partial charge in [0, 0.05) is 23.7 Å².